The molecule has 0 aromatic heterocycles. The van der Waals surface area contributed by atoms with Crippen LogP contribution in [0.2, 0.25) is 0 Å². The summed E-state index contributed by atoms with van der Waals surface area (Å²) in [6.45, 7) is 4.84. The highest BCUT2D eigenvalue weighted by Gasteiger charge is 2.02. The van der Waals surface area contributed by atoms with Gasteiger partial charge in [-0.15, -0.1) is 0 Å². The Morgan fingerprint density at radius 1 is 1.13 bits per heavy atom. The Morgan fingerprint density at radius 2 is 1.73 bits per heavy atom. The zero-order valence-electron chi connectivity index (χ0n) is 10.00. The first-order valence-electron chi connectivity index (χ1n) is 6.06. The van der Waals surface area contributed by atoms with Gasteiger partial charge < -0.3 is 9.84 Å². The smallest absolute Gasteiger partial charge is 0.450 e. The molecule has 0 saturated heterocycles. The average Bonchev–Trinajstić information content (AvgIpc) is 2.22. The van der Waals surface area contributed by atoms with Crippen LogP contribution in [0.4, 0.5) is 4.79 Å². The Balaban J connectivity index is 3.14. The third-order valence-corrected chi connectivity index (χ3v) is 2.89. The van der Waals surface area contributed by atoms with Crippen LogP contribution < -0.4 is 0 Å². The lowest BCUT2D eigenvalue weighted by atomic mass is 9.96. The molecule has 0 aromatic rings. The third kappa shape index (κ3) is 9.57. The molecule has 0 atom stereocenters. The fourth-order valence-electron chi connectivity index (χ4n) is 1.75. The van der Waals surface area contributed by atoms with Crippen molar-refractivity contribution in [1.82, 2.24) is 0 Å². The minimum Gasteiger partial charge on any atom is -0.450 e. The van der Waals surface area contributed by atoms with E-state index in [1.54, 1.807) is 0 Å². The number of carboxylic acid groups (broad SMARTS) is 1. The predicted octanol–water partition coefficient (Wildman–Crippen LogP) is 4.07. The lowest BCUT2D eigenvalue weighted by molar-refractivity contribution is 0.0899. The molecule has 3 heteroatoms. The summed E-state index contributed by atoms with van der Waals surface area (Å²) in [5.74, 6) is 0.875. The zero-order chi connectivity index (χ0) is 11.5. The van der Waals surface area contributed by atoms with Crippen LogP contribution in [0.5, 0.6) is 0 Å². The molecule has 0 unspecified atom stereocenters. The summed E-state index contributed by atoms with van der Waals surface area (Å²) >= 11 is 0. The van der Waals surface area contributed by atoms with Gasteiger partial charge in [0.15, 0.2) is 0 Å². The van der Waals surface area contributed by atoms with Crippen molar-refractivity contribution >= 4 is 6.16 Å². The van der Waals surface area contributed by atoms with E-state index in [2.05, 4.69) is 18.6 Å². The van der Waals surface area contributed by atoms with Crippen molar-refractivity contribution < 1.29 is 14.6 Å². The zero-order valence-corrected chi connectivity index (χ0v) is 10.00. The van der Waals surface area contributed by atoms with E-state index in [1.165, 1.54) is 32.1 Å². The largest absolute Gasteiger partial charge is 0.505 e. The number of unbranched alkanes of at least 4 members (excludes halogenated alkanes) is 3. The second kappa shape index (κ2) is 9.81. The molecule has 15 heavy (non-hydrogen) atoms. The molecule has 0 aliphatic heterocycles. The first-order chi connectivity index (χ1) is 7.20. The van der Waals surface area contributed by atoms with E-state index in [1.807, 2.05) is 0 Å². The van der Waals surface area contributed by atoms with Gasteiger partial charge in [-0.05, 0) is 12.3 Å². The van der Waals surface area contributed by atoms with Crippen molar-refractivity contribution in [3.8, 4) is 0 Å². The van der Waals surface area contributed by atoms with E-state index in [4.69, 9.17) is 5.11 Å². The van der Waals surface area contributed by atoms with Crippen LogP contribution in [0, 0.1) is 5.92 Å². The van der Waals surface area contributed by atoms with Crippen LogP contribution in [0.3, 0.4) is 0 Å². The third-order valence-electron chi connectivity index (χ3n) is 2.89. The lowest BCUT2D eigenvalue weighted by Crippen LogP contribution is -2.01. The Hall–Kier alpha value is -0.730. The van der Waals surface area contributed by atoms with Crippen molar-refractivity contribution in [2.75, 3.05) is 6.61 Å². The fraction of sp³-hybridized carbons (Fsp3) is 0.917. The Kier molecular flexibility index (Phi) is 9.33. The van der Waals surface area contributed by atoms with Crippen molar-refractivity contribution in [3.05, 3.63) is 0 Å². The summed E-state index contributed by atoms with van der Waals surface area (Å²) in [5, 5.41) is 8.23. The molecule has 0 bridgehead atoms. The monoisotopic (exact) mass is 216 g/mol. The van der Waals surface area contributed by atoms with Gasteiger partial charge in [-0.3, -0.25) is 0 Å². The standard InChI is InChI=1S/C12H24O3/c1-3-11(4-2)9-7-5-6-8-10-15-12(13)14/h11H,3-10H2,1-2H3,(H,13,14). The number of hydrogen-bond acceptors (Lipinski definition) is 2. The van der Waals surface area contributed by atoms with Gasteiger partial charge in [0.1, 0.15) is 0 Å². The van der Waals surface area contributed by atoms with Crippen LogP contribution in [-0.4, -0.2) is 17.9 Å². The number of rotatable bonds is 9. The van der Waals surface area contributed by atoms with Crippen LogP contribution in [0.1, 0.15) is 58.8 Å². The predicted molar refractivity (Wildman–Crippen MR) is 61.1 cm³/mol. The maximum Gasteiger partial charge on any atom is 0.505 e. The highest BCUT2D eigenvalue weighted by molar-refractivity contribution is 5.56. The molecule has 0 saturated carbocycles. The van der Waals surface area contributed by atoms with Crippen molar-refractivity contribution in [3.63, 3.8) is 0 Å². The van der Waals surface area contributed by atoms with E-state index in [-0.39, 0.29) is 0 Å². The Morgan fingerprint density at radius 3 is 2.27 bits per heavy atom. The maximum atomic E-state index is 10.0. The van der Waals surface area contributed by atoms with Gasteiger partial charge in [-0.2, -0.15) is 0 Å². The molecule has 1 N–H and O–H groups in total. The molecule has 0 heterocycles. The van der Waals surface area contributed by atoms with E-state index in [9.17, 15) is 4.79 Å². The van der Waals surface area contributed by atoms with E-state index < -0.39 is 6.16 Å². The van der Waals surface area contributed by atoms with Gasteiger partial charge in [0.25, 0.3) is 0 Å². The summed E-state index contributed by atoms with van der Waals surface area (Å²) in [4.78, 5) is 10.0. The minimum atomic E-state index is -1.16. The van der Waals surface area contributed by atoms with Gasteiger partial charge in [-0.1, -0.05) is 52.4 Å². The van der Waals surface area contributed by atoms with Crippen LogP contribution in [0.25, 0.3) is 0 Å². The molecule has 0 aliphatic rings. The number of carbonyl (C=O) groups is 1. The number of ether oxygens (including phenoxy) is 1. The van der Waals surface area contributed by atoms with E-state index >= 15 is 0 Å². The topological polar surface area (TPSA) is 46.5 Å². The minimum absolute atomic E-state index is 0.348. The summed E-state index contributed by atoms with van der Waals surface area (Å²) in [6, 6.07) is 0. The Bertz CT molecular complexity index is 153. The molecule has 3 nitrogen and oxygen atoms in total. The molecule has 0 amide bonds. The van der Waals surface area contributed by atoms with Gasteiger partial charge in [0, 0.05) is 0 Å². The molecular formula is C12H24O3. The first kappa shape index (κ1) is 14.3. The van der Waals surface area contributed by atoms with Gasteiger partial charge >= 0.3 is 6.16 Å². The fourth-order valence-corrected chi connectivity index (χ4v) is 1.75. The second-order valence-corrected chi connectivity index (χ2v) is 4.00. The normalized spacial score (nSPS) is 10.6. The summed E-state index contributed by atoms with van der Waals surface area (Å²) in [7, 11) is 0. The number of hydrogen-bond donors (Lipinski definition) is 1. The molecule has 0 fully saturated rings. The molecule has 90 valence electrons. The van der Waals surface area contributed by atoms with Crippen LogP contribution in [-0.2, 0) is 4.74 Å². The molecule has 0 radical (unpaired) electrons. The van der Waals surface area contributed by atoms with Crippen LogP contribution >= 0.6 is 0 Å². The second-order valence-electron chi connectivity index (χ2n) is 4.00. The van der Waals surface area contributed by atoms with E-state index in [0.29, 0.717) is 6.61 Å². The lowest BCUT2D eigenvalue weighted by Gasteiger charge is -2.11. The summed E-state index contributed by atoms with van der Waals surface area (Å²) in [6.07, 6.45) is 7.10. The summed E-state index contributed by atoms with van der Waals surface area (Å²) < 4.78 is 4.43. The van der Waals surface area contributed by atoms with Gasteiger partial charge in [0.2, 0.25) is 0 Å². The molecule has 0 aliphatic carbocycles. The highest BCUT2D eigenvalue weighted by atomic mass is 16.7. The quantitative estimate of drug-likeness (QED) is 0.467. The maximum absolute atomic E-state index is 10.0. The molecular weight excluding hydrogens is 192 g/mol. The SMILES string of the molecule is CCC(CC)CCCCCCOC(=O)O. The van der Waals surface area contributed by atoms with Gasteiger partial charge in [-0.25, -0.2) is 4.79 Å². The molecule has 0 spiro atoms. The van der Waals surface area contributed by atoms with Crippen LogP contribution in [0.15, 0.2) is 0 Å². The average molecular weight is 216 g/mol. The summed E-state index contributed by atoms with van der Waals surface area (Å²) in [5.41, 5.74) is 0. The molecule has 0 aromatic carbocycles. The van der Waals surface area contributed by atoms with Crippen molar-refractivity contribution in [2.45, 2.75) is 58.8 Å². The molecule has 0 rings (SSSR count). The van der Waals surface area contributed by atoms with E-state index in [0.717, 1.165) is 18.8 Å². The first-order valence-corrected chi connectivity index (χ1v) is 6.06. The van der Waals surface area contributed by atoms with Crippen molar-refractivity contribution in [1.29, 1.82) is 0 Å². The van der Waals surface area contributed by atoms with Gasteiger partial charge in [0.05, 0.1) is 6.61 Å². The van der Waals surface area contributed by atoms with Crippen molar-refractivity contribution in [2.24, 2.45) is 5.92 Å². The Labute approximate surface area is 92.8 Å². The highest BCUT2D eigenvalue weighted by Crippen LogP contribution is 2.16.